The molecule has 1 aliphatic rings. The molecule has 0 radical (unpaired) electrons. The first-order valence-electron chi connectivity index (χ1n) is 9.17. The monoisotopic (exact) mass is 424 g/mol. The van der Waals surface area contributed by atoms with Gasteiger partial charge in [-0.15, -0.1) is 21.5 Å². The second-order valence-electron chi connectivity index (χ2n) is 6.61. The van der Waals surface area contributed by atoms with Gasteiger partial charge in [-0.05, 0) is 37.0 Å². The summed E-state index contributed by atoms with van der Waals surface area (Å²) in [5.41, 5.74) is 1.84. The zero-order valence-corrected chi connectivity index (χ0v) is 17.2. The highest BCUT2D eigenvalue weighted by Gasteiger charge is 2.23. The van der Waals surface area contributed by atoms with Crippen molar-refractivity contribution in [2.24, 2.45) is 0 Å². The Morgan fingerprint density at radius 2 is 2.14 bits per heavy atom. The molecule has 0 aliphatic heterocycles. The van der Waals surface area contributed by atoms with Crippen LogP contribution in [0.25, 0.3) is 10.2 Å². The van der Waals surface area contributed by atoms with Crippen molar-refractivity contribution < 1.29 is 13.9 Å². The van der Waals surface area contributed by atoms with E-state index in [2.05, 4.69) is 20.2 Å². The lowest BCUT2D eigenvalue weighted by Gasteiger charge is -2.09. The van der Waals surface area contributed by atoms with Gasteiger partial charge < -0.3 is 9.15 Å². The highest BCUT2D eigenvalue weighted by molar-refractivity contribution is 7.99. The zero-order valence-electron chi connectivity index (χ0n) is 15.5. The van der Waals surface area contributed by atoms with Gasteiger partial charge in [0.1, 0.15) is 16.2 Å². The van der Waals surface area contributed by atoms with E-state index in [1.165, 1.54) is 28.6 Å². The first-order chi connectivity index (χ1) is 14.2. The number of hydrogen-bond donors (Lipinski definition) is 0. The van der Waals surface area contributed by atoms with Crippen LogP contribution in [-0.4, -0.2) is 26.1 Å². The Morgan fingerprint density at radius 3 is 3.00 bits per heavy atom. The van der Waals surface area contributed by atoms with E-state index in [0.29, 0.717) is 11.5 Å². The van der Waals surface area contributed by atoms with E-state index in [1.807, 2.05) is 18.2 Å². The maximum Gasteiger partial charge on any atom is 0.339 e. The summed E-state index contributed by atoms with van der Waals surface area (Å²) in [4.78, 5) is 24.9. The molecule has 3 aromatic heterocycles. The number of thiophene rings is 1. The third kappa shape index (κ3) is 3.51. The molecule has 0 bridgehead atoms. The molecule has 146 valence electrons. The molecule has 29 heavy (non-hydrogen) atoms. The first-order valence-corrected chi connectivity index (χ1v) is 10.8. The Hall–Kier alpha value is -2.78. The van der Waals surface area contributed by atoms with Gasteiger partial charge in [0.25, 0.3) is 5.89 Å². The molecule has 0 N–H and O–H groups in total. The van der Waals surface area contributed by atoms with Crippen molar-refractivity contribution in [1.29, 1.82) is 0 Å². The largest absolute Gasteiger partial charge is 0.452 e. The number of fused-ring (bicyclic) bond motifs is 3. The standard InChI is InChI=1S/C20H16N4O3S2/c1-11-23-24-16(27-11)9-26-20(25)13-5-2-3-7-15(13)29-19-17-12-6-4-8-14(12)28-18(17)21-10-22-19/h2-3,5,7,10H,4,6,8-9H2,1H3. The van der Waals surface area contributed by atoms with Crippen LogP contribution in [-0.2, 0) is 24.2 Å². The minimum absolute atomic E-state index is 0.0610. The first kappa shape index (κ1) is 18.3. The van der Waals surface area contributed by atoms with Crippen LogP contribution >= 0.6 is 23.1 Å². The number of hydrogen-bond acceptors (Lipinski definition) is 9. The molecule has 7 nitrogen and oxygen atoms in total. The molecule has 1 aromatic carbocycles. The van der Waals surface area contributed by atoms with Crippen molar-refractivity contribution >= 4 is 39.3 Å². The molecule has 0 unspecified atom stereocenters. The average molecular weight is 425 g/mol. The predicted octanol–water partition coefficient (Wildman–Crippen LogP) is 4.38. The number of aryl methyl sites for hydroxylation is 3. The quantitative estimate of drug-likeness (QED) is 0.344. The van der Waals surface area contributed by atoms with E-state index < -0.39 is 5.97 Å². The maximum absolute atomic E-state index is 12.7. The summed E-state index contributed by atoms with van der Waals surface area (Å²) in [6.45, 7) is 1.63. The summed E-state index contributed by atoms with van der Waals surface area (Å²) in [5.74, 6) is 0.264. The van der Waals surface area contributed by atoms with Gasteiger partial charge in [-0.25, -0.2) is 14.8 Å². The van der Waals surface area contributed by atoms with E-state index in [9.17, 15) is 4.79 Å². The minimum atomic E-state index is -0.440. The van der Waals surface area contributed by atoms with Crippen molar-refractivity contribution in [2.75, 3.05) is 0 Å². The summed E-state index contributed by atoms with van der Waals surface area (Å²) in [7, 11) is 0. The number of esters is 1. The predicted molar refractivity (Wildman–Crippen MR) is 108 cm³/mol. The normalized spacial score (nSPS) is 13.0. The van der Waals surface area contributed by atoms with E-state index >= 15 is 0 Å². The summed E-state index contributed by atoms with van der Waals surface area (Å²) in [6, 6.07) is 7.37. The molecule has 0 spiro atoms. The van der Waals surface area contributed by atoms with E-state index in [0.717, 1.165) is 33.0 Å². The van der Waals surface area contributed by atoms with Gasteiger partial charge in [-0.2, -0.15) is 0 Å². The average Bonchev–Trinajstić information content (AvgIpc) is 3.42. The molecule has 0 fully saturated rings. The zero-order chi connectivity index (χ0) is 19.8. The van der Waals surface area contributed by atoms with Gasteiger partial charge in [-0.3, -0.25) is 0 Å². The lowest BCUT2D eigenvalue weighted by Crippen LogP contribution is -2.07. The number of rotatable bonds is 5. The van der Waals surface area contributed by atoms with Gasteiger partial charge in [0.05, 0.1) is 5.56 Å². The molecular weight excluding hydrogens is 408 g/mol. The minimum Gasteiger partial charge on any atom is -0.452 e. The second-order valence-corrected chi connectivity index (χ2v) is 8.72. The van der Waals surface area contributed by atoms with Gasteiger partial charge in [0.15, 0.2) is 6.61 Å². The maximum atomic E-state index is 12.7. The van der Waals surface area contributed by atoms with Crippen LogP contribution in [0.5, 0.6) is 0 Å². The smallest absolute Gasteiger partial charge is 0.339 e. The van der Waals surface area contributed by atoms with Crippen molar-refractivity contribution in [1.82, 2.24) is 20.2 Å². The number of aromatic nitrogens is 4. The number of nitrogens with zero attached hydrogens (tertiary/aromatic N) is 4. The van der Waals surface area contributed by atoms with Crippen LogP contribution in [0.15, 0.2) is 44.9 Å². The van der Waals surface area contributed by atoms with Crippen LogP contribution in [0, 0.1) is 6.92 Å². The lowest BCUT2D eigenvalue weighted by molar-refractivity contribution is 0.0432. The molecule has 0 saturated heterocycles. The van der Waals surface area contributed by atoms with Crippen LogP contribution in [0.3, 0.4) is 0 Å². The van der Waals surface area contributed by atoms with Gasteiger partial charge in [0, 0.05) is 22.1 Å². The van der Waals surface area contributed by atoms with Crippen molar-refractivity contribution in [3.8, 4) is 0 Å². The van der Waals surface area contributed by atoms with E-state index in [1.54, 1.807) is 30.7 Å². The molecule has 0 saturated carbocycles. The van der Waals surface area contributed by atoms with E-state index in [4.69, 9.17) is 9.15 Å². The summed E-state index contributed by atoms with van der Waals surface area (Å²) in [6.07, 6.45) is 4.94. The highest BCUT2D eigenvalue weighted by Crippen LogP contribution is 2.42. The number of carbonyl (C=O) groups excluding carboxylic acids is 1. The Bertz CT molecular complexity index is 1220. The Balaban J connectivity index is 1.43. The van der Waals surface area contributed by atoms with Crippen LogP contribution in [0.2, 0.25) is 0 Å². The highest BCUT2D eigenvalue weighted by atomic mass is 32.2. The van der Waals surface area contributed by atoms with Gasteiger partial charge >= 0.3 is 5.97 Å². The SMILES string of the molecule is Cc1nnc(COC(=O)c2ccccc2Sc2ncnc3sc4c(c23)CCC4)o1. The number of benzene rings is 1. The fraction of sp³-hybridized carbons (Fsp3) is 0.250. The Labute approximate surface area is 174 Å². The summed E-state index contributed by atoms with van der Waals surface area (Å²) >= 11 is 3.22. The fourth-order valence-electron chi connectivity index (χ4n) is 3.41. The van der Waals surface area contributed by atoms with Crippen molar-refractivity contribution in [3.63, 3.8) is 0 Å². The molecular formula is C20H16N4O3S2. The Kier molecular flexibility index (Phi) is 4.76. The van der Waals surface area contributed by atoms with E-state index in [-0.39, 0.29) is 12.5 Å². The third-order valence-electron chi connectivity index (χ3n) is 4.67. The fourth-order valence-corrected chi connectivity index (χ4v) is 5.74. The summed E-state index contributed by atoms with van der Waals surface area (Å²) in [5, 5.41) is 9.59. The van der Waals surface area contributed by atoms with Crippen molar-refractivity contribution in [2.45, 2.75) is 42.7 Å². The Morgan fingerprint density at radius 1 is 1.24 bits per heavy atom. The van der Waals surface area contributed by atoms with Crippen molar-refractivity contribution in [3.05, 3.63) is 58.4 Å². The molecule has 9 heteroatoms. The molecule has 0 amide bonds. The van der Waals surface area contributed by atoms with Crippen LogP contribution < -0.4 is 0 Å². The molecule has 3 heterocycles. The summed E-state index contributed by atoms with van der Waals surface area (Å²) < 4.78 is 10.6. The molecule has 1 aliphatic carbocycles. The molecule has 5 rings (SSSR count). The molecule has 0 atom stereocenters. The van der Waals surface area contributed by atoms with Crippen LogP contribution in [0.4, 0.5) is 0 Å². The third-order valence-corrected chi connectivity index (χ3v) is 6.95. The van der Waals surface area contributed by atoms with Gasteiger partial charge in [0.2, 0.25) is 5.89 Å². The number of carbonyl (C=O) groups is 1. The van der Waals surface area contributed by atoms with Gasteiger partial charge in [-0.1, -0.05) is 23.9 Å². The lowest BCUT2D eigenvalue weighted by atomic mass is 10.2. The topological polar surface area (TPSA) is 91.0 Å². The molecule has 4 aromatic rings. The second kappa shape index (κ2) is 7.57. The van der Waals surface area contributed by atoms with Crippen LogP contribution in [0.1, 0.15) is 39.0 Å². The number of ether oxygens (including phenoxy) is 1.